The lowest BCUT2D eigenvalue weighted by molar-refractivity contribution is -0.134. The molecule has 0 N–H and O–H groups in total. The van der Waals surface area contributed by atoms with E-state index in [2.05, 4.69) is 12.1 Å². The van der Waals surface area contributed by atoms with Crippen molar-refractivity contribution in [2.45, 2.75) is 64.0 Å². The fraction of sp³-hybridized carbons (Fsp3) is 0.545. The number of rotatable bonds is 4. The monoisotopic (exact) mass is 352 g/mol. The lowest BCUT2D eigenvalue weighted by atomic mass is 9.88. The third kappa shape index (κ3) is 3.42. The third-order valence-corrected chi connectivity index (χ3v) is 6.09. The molecule has 1 atom stereocenters. The zero-order valence-corrected chi connectivity index (χ0v) is 15.5. The number of fused-ring (bicyclic) bond motifs is 1. The van der Waals surface area contributed by atoms with Crippen LogP contribution in [-0.2, 0) is 16.1 Å². The van der Waals surface area contributed by atoms with E-state index in [1.54, 1.807) is 0 Å². The van der Waals surface area contributed by atoms with Crippen LogP contribution in [0.25, 0.3) is 0 Å². The van der Waals surface area contributed by atoms with Gasteiger partial charge in [-0.1, -0.05) is 36.8 Å². The van der Waals surface area contributed by atoms with Crippen molar-refractivity contribution in [2.75, 3.05) is 13.1 Å². The van der Waals surface area contributed by atoms with E-state index in [-0.39, 0.29) is 17.9 Å². The molecule has 138 valence electrons. The van der Waals surface area contributed by atoms with E-state index in [1.165, 1.54) is 18.4 Å². The van der Waals surface area contributed by atoms with Crippen LogP contribution < -0.4 is 0 Å². The Morgan fingerprint density at radius 3 is 2.54 bits per heavy atom. The molecule has 4 rings (SSSR count). The molecule has 1 unspecified atom stereocenters. The fourth-order valence-electron chi connectivity index (χ4n) is 4.70. The van der Waals surface area contributed by atoms with Gasteiger partial charge in [0.05, 0.1) is 12.5 Å². The van der Waals surface area contributed by atoms with E-state index >= 15 is 0 Å². The molecule has 0 spiro atoms. The first kappa shape index (κ1) is 17.3. The summed E-state index contributed by atoms with van der Waals surface area (Å²) >= 11 is 0. The molecular weight excluding hydrogens is 324 g/mol. The van der Waals surface area contributed by atoms with Crippen molar-refractivity contribution in [1.29, 1.82) is 0 Å². The first-order valence-corrected chi connectivity index (χ1v) is 10.1. The van der Waals surface area contributed by atoms with Gasteiger partial charge in [0.25, 0.3) is 5.91 Å². The molecule has 4 nitrogen and oxygen atoms in total. The smallest absolute Gasteiger partial charge is 0.251 e. The molecule has 2 amide bonds. The topological polar surface area (TPSA) is 40.6 Å². The van der Waals surface area contributed by atoms with Crippen LogP contribution >= 0.6 is 0 Å². The Kier molecular flexibility index (Phi) is 5.09. The van der Waals surface area contributed by atoms with Crippen molar-refractivity contribution < 1.29 is 9.59 Å². The fourth-order valence-corrected chi connectivity index (χ4v) is 4.70. The molecule has 1 saturated carbocycles. The number of carbonyl (C=O) groups excluding carboxylic acids is 2. The van der Waals surface area contributed by atoms with Gasteiger partial charge in [0.2, 0.25) is 5.91 Å². The number of carbonyl (C=O) groups is 2. The maximum Gasteiger partial charge on any atom is 0.251 e. The normalized spacial score (nSPS) is 23.4. The standard InChI is InChI=1S/C22H28N2O2/c25-21(23-13-7-2-8-14-23)15-19-18-11-5-6-12-20(18)24(22(19)26)16-17-9-3-1-4-10-17/h1,3-4,9-10,20H,2,5-8,11-16H2. The Bertz CT molecular complexity index is 704. The second-order valence-electron chi connectivity index (χ2n) is 7.80. The minimum Gasteiger partial charge on any atom is -0.342 e. The highest BCUT2D eigenvalue weighted by atomic mass is 16.2. The molecule has 2 aliphatic heterocycles. The number of hydrogen-bond donors (Lipinski definition) is 0. The van der Waals surface area contributed by atoms with E-state index in [0.717, 1.165) is 56.3 Å². The third-order valence-electron chi connectivity index (χ3n) is 6.09. The number of piperidine rings is 1. The Morgan fingerprint density at radius 2 is 1.77 bits per heavy atom. The Morgan fingerprint density at radius 1 is 1.00 bits per heavy atom. The molecule has 1 saturated heterocycles. The number of likely N-dealkylation sites (tertiary alicyclic amines) is 1. The summed E-state index contributed by atoms with van der Waals surface area (Å²) in [6, 6.07) is 10.4. The molecule has 2 heterocycles. The van der Waals surface area contributed by atoms with Gasteiger partial charge < -0.3 is 9.80 Å². The van der Waals surface area contributed by atoms with Crippen LogP contribution in [0, 0.1) is 0 Å². The largest absolute Gasteiger partial charge is 0.342 e. The maximum atomic E-state index is 13.2. The maximum absolute atomic E-state index is 13.2. The summed E-state index contributed by atoms with van der Waals surface area (Å²) < 4.78 is 0. The summed E-state index contributed by atoms with van der Waals surface area (Å²) in [4.78, 5) is 29.9. The van der Waals surface area contributed by atoms with E-state index in [1.807, 2.05) is 28.0 Å². The van der Waals surface area contributed by atoms with Crippen molar-refractivity contribution >= 4 is 11.8 Å². The van der Waals surface area contributed by atoms with Crippen LogP contribution in [0.4, 0.5) is 0 Å². The lowest BCUT2D eigenvalue weighted by Crippen LogP contribution is -2.37. The van der Waals surface area contributed by atoms with Gasteiger partial charge in [-0.05, 0) is 49.7 Å². The van der Waals surface area contributed by atoms with Gasteiger partial charge in [-0.25, -0.2) is 0 Å². The summed E-state index contributed by atoms with van der Waals surface area (Å²) in [7, 11) is 0. The van der Waals surface area contributed by atoms with Gasteiger partial charge in [-0.15, -0.1) is 0 Å². The molecule has 0 aromatic heterocycles. The van der Waals surface area contributed by atoms with Gasteiger partial charge in [-0.3, -0.25) is 9.59 Å². The summed E-state index contributed by atoms with van der Waals surface area (Å²) in [6.45, 7) is 2.36. The van der Waals surface area contributed by atoms with Gasteiger partial charge in [0.15, 0.2) is 0 Å². The molecule has 0 radical (unpaired) electrons. The van der Waals surface area contributed by atoms with Gasteiger partial charge in [-0.2, -0.15) is 0 Å². The van der Waals surface area contributed by atoms with E-state index in [0.29, 0.717) is 13.0 Å². The first-order chi connectivity index (χ1) is 12.7. The summed E-state index contributed by atoms with van der Waals surface area (Å²) in [6.07, 6.45) is 8.02. The van der Waals surface area contributed by atoms with Gasteiger partial charge in [0, 0.05) is 25.2 Å². The molecule has 2 fully saturated rings. The first-order valence-electron chi connectivity index (χ1n) is 10.1. The Balaban J connectivity index is 1.52. The van der Waals surface area contributed by atoms with Crippen LogP contribution in [0.15, 0.2) is 41.5 Å². The van der Waals surface area contributed by atoms with E-state index < -0.39 is 0 Å². The SMILES string of the molecule is O=C(CC1=C2CCCCC2N(Cc2ccccc2)C1=O)N1CCCCC1. The highest BCUT2D eigenvalue weighted by Crippen LogP contribution is 2.39. The highest BCUT2D eigenvalue weighted by molar-refractivity contribution is 6.02. The number of amides is 2. The van der Waals surface area contributed by atoms with Crippen molar-refractivity contribution in [1.82, 2.24) is 9.80 Å². The molecule has 1 aromatic rings. The van der Waals surface area contributed by atoms with Gasteiger partial charge >= 0.3 is 0 Å². The lowest BCUT2D eigenvalue weighted by Gasteiger charge is -2.30. The molecule has 26 heavy (non-hydrogen) atoms. The van der Waals surface area contributed by atoms with Crippen LogP contribution in [0.5, 0.6) is 0 Å². The molecular formula is C22H28N2O2. The van der Waals surface area contributed by atoms with Crippen LogP contribution in [0.1, 0.15) is 56.9 Å². The minimum atomic E-state index is 0.0983. The molecule has 0 bridgehead atoms. The molecule has 1 aliphatic carbocycles. The number of benzene rings is 1. The average Bonchev–Trinajstić information content (AvgIpc) is 2.95. The predicted molar refractivity (Wildman–Crippen MR) is 101 cm³/mol. The average molecular weight is 352 g/mol. The molecule has 4 heteroatoms. The highest BCUT2D eigenvalue weighted by Gasteiger charge is 2.40. The van der Waals surface area contributed by atoms with E-state index in [9.17, 15) is 9.59 Å². The van der Waals surface area contributed by atoms with Crippen molar-refractivity contribution in [3.63, 3.8) is 0 Å². The second kappa shape index (κ2) is 7.65. The van der Waals surface area contributed by atoms with Crippen molar-refractivity contribution in [3.8, 4) is 0 Å². The zero-order chi connectivity index (χ0) is 17.9. The van der Waals surface area contributed by atoms with E-state index in [4.69, 9.17) is 0 Å². The zero-order valence-electron chi connectivity index (χ0n) is 15.5. The summed E-state index contributed by atoms with van der Waals surface area (Å²) in [5.74, 6) is 0.243. The Hall–Kier alpha value is -2.10. The Labute approximate surface area is 155 Å². The summed E-state index contributed by atoms with van der Waals surface area (Å²) in [5.41, 5.74) is 3.22. The second-order valence-corrected chi connectivity index (χ2v) is 7.80. The molecule has 3 aliphatic rings. The minimum absolute atomic E-state index is 0.0983. The van der Waals surface area contributed by atoms with Crippen molar-refractivity contribution in [2.24, 2.45) is 0 Å². The van der Waals surface area contributed by atoms with Crippen LogP contribution in [0.2, 0.25) is 0 Å². The summed E-state index contributed by atoms with van der Waals surface area (Å²) in [5, 5.41) is 0. The predicted octanol–water partition coefficient (Wildman–Crippen LogP) is 3.67. The van der Waals surface area contributed by atoms with Crippen LogP contribution in [-0.4, -0.2) is 40.7 Å². The number of nitrogens with zero attached hydrogens (tertiary/aromatic N) is 2. The quantitative estimate of drug-likeness (QED) is 0.829. The number of hydrogen-bond acceptors (Lipinski definition) is 2. The van der Waals surface area contributed by atoms with Gasteiger partial charge in [0.1, 0.15) is 0 Å². The van der Waals surface area contributed by atoms with Crippen molar-refractivity contribution in [3.05, 3.63) is 47.0 Å². The molecule has 1 aromatic carbocycles. The van der Waals surface area contributed by atoms with Crippen LogP contribution in [0.3, 0.4) is 0 Å².